The van der Waals surface area contributed by atoms with Crippen molar-refractivity contribution in [3.63, 3.8) is 0 Å². The number of aromatic amines is 1. The Labute approximate surface area is 180 Å². The summed E-state index contributed by atoms with van der Waals surface area (Å²) >= 11 is 12.1. The number of anilines is 1. The molecule has 0 spiro atoms. The number of carbonyl (C=O) groups excluding carboxylic acids is 1. The van der Waals surface area contributed by atoms with Crippen LogP contribution < -0.4 is 15.8 Å². The third-order valence-electron chi connectivity index (χ3n) is 4.35. The zero-order chi connectivity index (χ0) is 21.3. The standard InChI is InChI=1S/C21H15Cl2FN4O2/c22-13-6-14(25)8-15(7-13)30-20-16(23)2-1-12(19(20)24)9-27-21(29)17-5-11-3-4-26-10-18(11)28-17/h1-8,10,28H,9,25H2,(H,27,29). The van der Waals surface area contributed by atoms with Crippen LogP contribution in [0.1, 0.15) is 16.1 Å². The van der Waals surface area contributed by atoms with E-state index in [2.05, 4.69) is 15.3 Å². The number of nitrogens with two attached hydrogens (primary N) is 1. The van der Waals surface area contributed by atoms with Crippen LogP contribution in [0.4, 0.5) is 10.1 Å². The molecule has 0 radical (unpaired) electrons. The Morgan fingerprint density at radius 1 is 1.20 bits per heavy atom. The summed E-state index contributed by atoms with van der Waals surface area (Å²) in [5.74, 6) is -1.01. The molecule has 0 saturated carbocycles. The molecule has 0 unspecified atom stereocenters. The average molecular weight is 445 g/mol. The summed E-state index contributed by atoms with van der Waals surface area (Å²) in [6.45, 7) is -0.0660. The molecule has 6 nitrogen and oxygen atoms in total. The fourth-order valence-corrected chi connectivity index (χ4v) is 3.35. The van der Waals surface area contributed by atoms with Gasteiger partial charge in [-0.1, -0.05) is 29.3 Å². The molecule has 1 amide bonds. The molecule has 0 aliphatic carbocycles. The zero-order valence-electron chi connectivity index (χ0n) is 15.4. The smallest absolute Gasteiger partial charge is 0.267 e. The van der Waals surface area contributed by atoms with Gasteiger partial charge in [-0.05, 0) is 30.3 Å². The van der Waals surface area contributed by atoms with E-state index in [1.165, 1.54) is 24.3 Å². The van der Waals surface area contributed by atoms with Crippen LogP contribution in [0.5, 0.6) is 11.5 Å². The largest absolute Gasteiger partial charge is 0.453 e. The third-order valence-corrected chi connectivity index (χ3v) is 4.87. The number of benzene rings is 2. The lowest BCUT2D eigenvalue weighted by Crippen LogP contribution is -2.23. The van der Waals surface area contributed by atoms with Crippen LogP contribution in [0, 0.1) is 5.82 Å². The first kappa shape index (κ1) is 20.0. The number of hydrogen-bond acceptors (Lipinski definition) is 4. The molecule has 2 heterocycles. The number of nitrogens with one attached hydrogen (secondary N) is 2. The Bertz CT molecular complexity index is 1210. The number of hydrogen-bond donors (Lipinski definition) is 3. The van der Waals surface area contributed by atoms with Crippen molar-refractivity contribution in [2.24, 2.45) is 0 Å². The number of nitrogen functional groups attached to an aromatic ring is 1. The van der Waals surface area contributed by atoms with Crippen LogP contribution >= 0.6 is 23.2 Å². The molecule has 30 heavy (non-hydrogen) atoms. The molecular weight excluding hydrogens is 430 g/mol. The molecule has 4 rings (SSSR count). The summed E-state index contributed by atoms with van der Waals surface area (Å²) in [5.41, 5.74) is 7.39. The van der Waals surface area contributed by atoms with Crippen molar-refractivity contribution in [2.45, 2.75) is 6.54 Å². The average Bonchev–Trinajstić information content (AvgIpc) is 3.14. The van der Waals surface area contributed by atoms with Gasteiger partial charge in [0.2, 0.25) is 0 Å². The first-order valence-corrected chi connectivity index (χ1v) is 9.58. The van der Waals surface area contributed by atoms with Crippen molar-refractivity contribution in [3.8, 4) is 11.5 Å². The van der Waals surface area contributed by atoms with Gasteiger partial charge < -0.3 is 20.8 Å². The maximum atomic E-state index is 15.0. The van der Waals surface area contributed by atoms with Gasteiger partial charge in [-0.15, -0.1) is 0 Å². The summed E-state index contributed by atoms with van der Waals surface area (Å²) in [5, 5.41) is 3.95. The number of H-pyrrole nitrogens is 1. The lowest BCUT2D eigenvalue weighted by molar-refractivity contribution is 0.0946. The highest BCUT2D eigenvalue weighted by Gasteiger charge is 2.17. The van der Waals surface area contributed by atoms with E-state index in [9.17, 15) is 9.18 Å². The molecule has 0 bridgehead atoms. The molecule has 0 fully saturated rings. The van der Waals surface area contributed by atoms with Gasteiger partial charge in [-0.2, -0.15) is 0 Å². The summed E-state index contributed by atoms with van der Waals surface area (Å²) in [6, 6.07) is 11.0. The van der Waals surface area contributed by atoms with Crippen molar-refractivity contribution >= 4 is 45.7 Å². The number of aromatic nitrogens is 2. The van der Waals surface area contributed by atoms with Gasteiger partial charge in [0.15, 0.2) is 11.6 Å². The van der Waals surface area contributed by atoms with Gasteiger partial charge in [0, 0.05) is 40.5 Å². The SMILES string of the molecule is Nc1cc(Cl)cc(Oc2c(Cl)ccc(CNC(=O)c3cc4ccncc4[nH]3)c2F)c1. The van der Waals surface area contributed by atoms with Crippen LogP contribution in [-0.2, 0) is 6.54 Å². The maximum Gasteiger partial charge on any atom is 0.267 e. The highest BCUT2D eigenvalue weighted by molar-refractivity contribution is 6.32. The number of carbonyl (C=O) groups is 1. The number of amides is 1. The number of rotatable bonds is 5. The van der Waals surface area contributed by atoms with E-state index >= 15 is 0 Å². The molecule has 0 aliphatic heterocycles. The van der Waals surface area contributed by atoms with Crippen LogP contribution in [0.3, 0.4) is 0 Å². The summed E-state index contributed by atoms with van der Waals surface area (Å²) < 4.78 is 20.6. The highest BCUT2D eigenvalue weighted by Crippen LogP contribution is 2.35. The Morgan fingerprint density at radius 2 is 2.03 bits per heavy atom. The van der Waals surface area contributed by atoms with E-state index < -0.39 is 5.82 Å². The second kappa shape index (κ2) is 8.22. The Morgan fingerprint density at radius 3 is 2.80 bits per heavy atom. The topological polar surface area (TPSA) is 93.0 Å². The van der Waals surface area contributed by atoms with E-state index in [1.807, 2.05) is 0 Å². The number of fused-ring (bicyclic) bond motifs is 1. The van der Waals surface area contributed by atoms with E-state index in [4.69, 9.17) is 33.7 Å². The van der Waals surface area contributed by atoms with Crippen LogP contribution in [-0.4, -0.2) is 15.9 Å². The van der Waals surface area contributed by atoms with E-state index in [0.29, 0.717) is 16.4 Å². The molecule has 0 saturated heterocycles. The molecule has 4 N–H and O–H groups in total. The summed E-state index contributed by atoms with van der Waals surface area (Å²) in [7, 11) is 0. The summed E-state index contributed by atoms with van der Waals surface area (Å²) in [4.78, 5) is 19.4. The van der Waals surface area contributed by atoms with Gasteiger partial charge >= 0.3 is 0 Å². The quantitative estimate of drug-likeness (QED) is 0.363. The molecule has 0 atom stereocenters. The first-order valence-electron chi connectivity index (χ1n) is 8.82. The van der Waals surface area contributed by atoms with E-state index in [0.717, 1.165) is 10.9 Å². The van der Waals surface area contributed by atoms with Gasteiger partial charge in [0.25, 0.3) is 5.91 Å². The lowest BCUT2D eigenvalue weighted by Gasteiger charge is -2.13. The molecule has 4 aromatic rings. The van der Waals surface area contributed by atoms with Gasteiger partial charge in [0.05, 0.1) is 16.7 Å². The Kier molecular flexibility index (Phi) is 5.48. The molecule has 2 aromatic heterocycles. The maximum absolute atomic E-state index is 15.0. The minimum absolute atomic E-state index is 0.0660. The van der Waals surface area contributed by atoms with Crippen molar-refractivity contribution in [1.82, 2.24) is 15.3 Å². The highest BCUT2D eigenvalue weighted by atomic mass is 35.5. The molecule has 9 heteroatoms. The van der Waals surface area contributed by atoms with Gasteiger partial charge in [-0.25, -0.2) is 4.39 Å². The van der Waals surface area contributed by atoms with E-state index in [-0.39, 0.29) is 34.5 Å². The minimum atomic E-state index is -0.692. The molecular formula is C21H15Cl2FN4O2. The third kappa shape index (κ3) is 4.17. The normalized spacial score (nSPS) is 10.9. The molecule has 152 valence electrons. The van der Waals surface area contributed by atoms with E-state index in [1.54, 1.807) is 30.6 Å². The number of ether oxygens (including phenoxy) is 1. The second-order valence-corrected chi connectivity index (χ2v) is 7.34. The predicted molar refractivity (Wildman–Crippen MR) is 115 cm³/mol. The number of halogens is 3. The molecule has 0 aliphatic rings. The van der Waals surface area contributed by atoms with Crippen LogP contribution in [0.15, 0.2) is 54.9 Å². The van der Waals surface area contributed by atoms with Crippen LogP contribution in [0.2, 0.25) is 10.0 Å². The zero-order valence-corrected chi connectivity index (χ0v) is 16.9. The summed E-state index contributed by atoms with van der Waals surface area (Å²) in [6.07, 6.45) is 3.26. The number of nitrogens with zero attached hydrogens (tertiary/aromatic N) is 1. The van der Waals surface area contributed by atoms with Crippen molar-refractivity contribution in [1.29, 1.82) is 0 Å². The van der Waals surface area contributed by atoms with Crippen molar-refractivity contribution < 1.29 is 13.9 Å². The first-order chi connectivity index (χ1) is 14.4. The van der Waals surface area contributed by atoms with Crippen molar-refractivity contribution in [3.05, 3.63) is 82.0 Å². The monoisotopic (exact) mass is 444 g/mol. The van der Waals surface area contributed by atoms with Crippen molar-refractivity contribution in [2.75, 3.05) is 5.73 Å². The number of pyridine rings is 1. The lowest BCUT2D eigenvalue weighted by atomic mass is 10.2. The predicted octanol–water partition coefficient (Wildman–Crippen LogP) is 5.31. The van der Waals surface area contributed by atoms with Crippen LogP contribution in [0.25, 0.3) is 10.9 Å². The Hall–Kier alpha value is -3.29. The fraction of sp³-hybridized carbons (Fsp3) is 0.0476. The second-order valence-electron chi connectivity index (χ2n) is 6.50. The Balaban J connectivity index is 1.53. The fourth-order valence-electron chi connectivity index (χ4n) is 2.93. The van der Waals surface area contributed by atoms with Gasteiger partial charge in [0.1, 0.15) is 11.4 Å². The minimum Gasteiger partial charge on any atom is -0.453 e. The van der Waals surface area contributed by atoms with Gasteiger partial charge in [-0.3, -0.25) is 9.78 Å². The molecule has 2 aromatic carbocycles.